The molecule has 1 N–H and O–H groups in total. The Morgan fingerprint density at radius 1 is 1.15 bits per heavy atom. The van der Waals surface area contributed by atoms with Crippen LogP contribution < -0.4 is 10.1 Å². The smallest absolute Gasteiger partial charge is 0.253 e. The van der Waals surface area contributed by atoms with Crippen LogP contribution in [0.2, 0.25) is 0 Å². The monoisotopic (exact) mass is 447 g/mol. The number of hydrogen-bond donors (Lipinski definition) is 1. The minimum absolute atomic E-state index is 0.113. The lowest BCUT2D eigenvalue weighted by Gasteiger charge is -2.36. The van der Waals surface area contributed by atoms with Crippen LogP contribution in [0.4, 0.5) is 4.39 Å². The average molecular weight is 448 g/mol. The zero-order valence-corrected chi connectivity index (χ0v) is 19.1. The summed E-state index contributed by atoms with van der Waals surface area (Å²) < 4.78 is 18.7. The molecule has 172 valence electrons. The van der Waals surface area contributed by atoms with Crippen molar-refractivity contribution in [3.8, 4) is 17.0 Å². The molecule has 2 heterocycles. The van der Waals surface area contributed by atoms with Crippen LogP contribution in [0.15, 0.2) is 66.9 Å². The van der Waals surface area contributed by atoms with Gasteiger partial charge in [-0.2, -0.15) is 0 Å². The lowest BCUT2D eigenvalue weighted by Crippen LogP contribution is -2.47. The molecule has 0 radical (unpaired) electrons. The number of carbonyl (C=O) groups is 1. The highest BCUT2D eigenvalue weighted by atomic mass is 19.1. The average Bonchev–Trinajstić information content (AvgIpc) is 2.85. The first-order chi connectivity index (χ1) is 16.0. The molecule has 3 aromatic rings. The van der Waals surface area contributed by atoms with E-state index < -0.39 is 0 Å². The summed E-state index contributed by atoms with van der Waals surface area (Å²) >= 11 is 0. The van der Waals surface area contributed by atoms with Gasteiger partial charge in [-0.25, -0.2) is 4.39 Å². The van der Waals surface area contributed by atoms with Crippen LogP contribution in [0.25, 0.3) is 11.3 Å². The number of hydrogen-bond acceptors (Lipinski definition) is 4. The molecule has 1 aliphatic heterocycles. The van der Waals surface area contributed by atoms with Crippen LogP contribution in [0.3, 0.4) is 0 Å². The number of aromatic nitrogens is 1. The van der Waals surface area contributed by atoms with Gasteiger partial charge >= 0.3 is 0 Å². The molecule has 2 aromatic carbocycles. The number of rotatable bonds is 7. The van der Waals surface area contributed by atoms with Crippen LogP contribution in [0.1, 0.15) is 35.7 Å². The maximum absolute atomic E-state index is 13.4. The summed E-state index contributed by atoms with van der Waals surface area (Å²) in [5.74, 6) is 0.459. The maximum Gasteiger partial charge on any atom is 0.253 e. The predicted octanol–water partition coefficient (Wildman–Crippen LogP) is 4.72. The Hall–Kier alpha value is -3.25. The van der Waals surface area contributed by atoms with Crippen molar-refractivity contribution >= 4 is 5.91 Å². The van der Waals surface area contributed by atoms with Gasteiger partial charge in [-0.1, -0.05) is 24.3 Å². The Balaban J connectivity index is 1.26. The Morgan fingerprint density at radius 3 is 2.55 bits per heavy atom. The molecule has 5 nitrogen and oxygen atoms in total. The summed E-state index contributed by atoms with van der Waals surface area (Å²) in [6, 6.07) is 18.6. The van der Waals surface area contributed by atoms with Crippen molar-refractivity contribution in [2.75, 3.05) is 20.2 Å². The fourth-order valence-electron chi connectivity index (χ4n) is 4.33. The second-order valence-corrected chi connectivity index (χ2v) is 8.63. The van der Waals surface area contributed by atoms with Crippen molar-refractivity contribution in [2.24, 2.45) is 0 Å². The van der Waals surface area contributed by atoms with E-state index in [2.05, 4.69) is 34.3 Å². The number of piperidine rings is 1. The highest BCUT2D eigenvalue weighted by molar-refractivity contribution is 5.94. The van der Waals surface area contributed by atoms with Gasteiger partial charge < -0.3 is 15.0 Å². The summed E-state index contributed by atoms with van der Waals surface area (Å²) in [6.45, 7) is 4.17. The number of benzene rings is 2. The number of carbonyl (C=O) groups excluding carboxylic acids is 1. The van der Waals surface area contributed by atoms with Crippen LogP contribution in [0, 0.1) is 5.82 Å². The Kier molecular flexibility index (Phi) is 7.35. The van der Waals surface area contributed by atoms with E-state index in [1.54, 1.807) is 37.6 Å². The zero-order valence-electron chi connectivity index (χ0n) is 19.1. The fourth-order valence-corrected chi connectivity index (χ4v) is 4.33. The number of halogens is 1. The molecule has 33 heavy (non-hydrogen) atoms. The molecule has 0 bridgehead atoms. The molecule has 0 aliphatic carbocycles. The van der Waals surface area contributed by atoms with Crippen molar-refractivity contribution in [3.63, 3.8) is 0 Å². The largest absolute Gasteiger partial charge is 0.497 e. The number of amides is 1. The molecule has 1 atom stereocenters. The zero-order chi connectivity index (χ0) is 23.2. The number of pyridine rings is 1. The van der Waals surface area contributed by atoms with E-state index in [0.717, 1.165) is 38.1 Å². The molecule has 0 saturated carbocycles. The summed E-state index contributed by atoms with van der Waals surface area (Å²) in [5, 5.41) is 3.15. The molecule has 1 saturated heterocycles. The van der Waals surface area contributed by atoms with E-state index in [1.165, 1.54) is 17.7 Å². The minimum atomic E-state index is -0.305. The molecule has 1 fully saturated rings. The summed E-state index contributed by atoms with van der Waals surface area (Å²) in [5.41, 5.74) is 3.15. The topological polar surface area (TPSA) is 54.5 Å². The van der Waals surface area contributed by atoms with Crippen molar-refractivity contribution in [1.82, 2.24) is 15.2 Å². The van der Waals surface area contributed by atoms with Crippen molar-refractivity contribution in [2.45, 2.75) is 38.3 Å². The van der Waals surface area contributed by atoms with Gasteiger partial charge in [0.05, 0.1) is 18.4 Å². The SMILES string of the molecule is COc1ccc(CC(C)N2CCC(NC(=O)c3ccc(-c4cccc(F)c4)nc3)CC2)cc1. The number of ether oxygens (including phenoxy) is 1. The summed E-state index contributed by atoms with van der Waals surface area (Å²) in [6.07, 6.45) is 4.40. The van der Waals surface area contributed by atoms with Gasteiger partial charge in [-0.15, -0.1) is 0 Å². The fraction of sp³-hybridized carbons (Fsp3) is 0.333. The van der Waals surface area contributed by atoms with Gasteiger partial charge in [0.15, 0.2) is 0 Å². The molecule has 1 aliphatic rings. The molecule has 4 rings (SSSR count). The standard InChI is InChI=1S/C27H30FN3O2/c1-19(16-20-6-9-25(33-2)10-7-20)31-14-12-24(13-15-31)30-27(32)22-8-11-26(29-18-22)21-4-3-5-23(28)17-21/h3-11,17-19,24H,12-16H2,1-2H3,(H,30,32). The molecule has 1 amide bonds. The third-order valence-corrected chi connectivity index (χ3v) is 6.32. The van der Waals surface area contributed by atoms with E-state index in [-0.39, 0.29) is 17.8 Å². The third kappa shape index (κ3) is 5.96. The van der Waals surface area contributed by atoms with Crippen molar-refractivity contribution in [3.05, 3.63) is 83.8 Å². The van der Waals surface area contributed by atoms with Crippen molar-refractivity contribution < 1.29 is 13.9 Å². The second-order valence-electron chi connectivity index (χ2n) is 8.63. The molecular weight excluding hydrogens is 417 g/mol. The van der Waals surface area contributed by atoms with Gasteiger partial charge in [0.25, 0.3) is 5.91 Å². The molecule has 6 heteroatoms. The van der Waals surface area contributed by atoms with E-state index in [0.29, 0.717) is 22.9 Å². The van der Waals surface area contributed by atoms with E-state index in [1.807, 2.05) is 12.1 Å². The minimum Gasteiger partial charge on any atom is -0.497 e. The Morgan fingerprint density at radius 2 is 1.91 bits per heavy atom. The maximum atomic E-state index is 13.4. The number of nitrogens with one attached hydrogen (secondary N) is 1. The summed E-state index contributed by atoms with van der Waals surface area (Å²) in [7, 11) is 1.68. The van der Waals surface area contributed by atoms with Crippen LogP contribution in [-0.2, 0) is 6.42 Å². The molecule has 1 unspecified atom stereocenters. The highest BCUT2D eigenvalue weighted by Crippen LogP contribution is 2.20. The van der Waals surface area contributed by atoms with Gasteiger partial charge in [0, 0.05) is 36.9 Å². The van der Waals surface area contributed by atoms with Crippen LogP contribution in [-0.4, -0.2) is 48.1 Å². The van der Waals surface area contributed by atoms with E-state index in [4.69, 9.17) is 4.74 Å². The van der Waals surface area contributed by atoms with Crippen molar-refractivity contribution in [1.29, 1.82) is 0 Å². The van der Waals surface area contributed by atoms with Crippen LogP contribution >= 0.6 is 0 Å². The van der Waals surface area contributed by atoms with Crippen LogP contribution in [0.5, 0.6) is 5.75 Å². The number of methoxy groups -OCH3 is 1. The Labute approximate surface area is 194 Å². The van der Waals surface area contributed by atoms with Gasteiger partial charge in [0.1, 0.15) is 11.6 Å². The molecule has 1 aromatic heterocycles. The predicted molar refractivity (Wildman–Crippen MR) is 128 cm³/mol. The van der Waals surface area contributed by atoms with Gasteiger partial charge in [-0.05, 0) is 68.1 Å². The summed E-state index contributed by atoms with van der Waals surface area (Å²) in [4.78, 5) is 19.5. The number of nitrogens with zero attached hydrogens (tertiary/aromatic N) is 2. The first-order valence-corrected chi connectivity index (χ1v) is 11.4. The lowest BCUT2D eigenvalue weighted by molar-refractivity contribution is 0.0896. The van der Waals surface area contributed by atoms with Gasteiger partial charge in [-0.3, -0.25) is 9.78 Å². The van der Waals surface area contributed by atoms with Gasteiger partial charge in [0.2, 0.25) is 0 Å². The highest BCUT2D eigenvalue weighted by Gasteiger charge is 2.24. The Bertz CT molecular complexity index is 1060. The second kappa shape index (κ2) is 10.6. The first-order valence-electron chi connectivity index (χ1n) is 11.4. The third-order valence-electron chi connectivity index (χ3n) is 6.32. The first kappa shape index (κ1) is 22.9. The number of likely N-dealkylation sites (tertiary alicyclic amines) is 1. The quantitative estimate of drug-likeness (QED) is 0.569. The van der Waals surface area contributed by atoms with E-state index in [9.17, 15) is 9.18 Å². The normalized spacial score (nSPS) is 15.7. The lowest BCUT2D eigenvalue weighted by atomic mass is 10.00. The van der Waals surface area contributed by atoms with E-state index >= 15 is 0 Å². The molecule has 0 spiro atoms. The molecular formula is C27H30FN3O2.